The number of carbonyl (C=O) groups excluding carboxylic acids is 1. The van der Waals surface area contributed by atoms with Crippen LogP contribution in [0.5, 0.6) is 0 Å². The monoisotopic (exact) mass is 238 g/mol. The van der Waals surface area contributed by atoms with Crippen LogP contribution in [0.15, 0.2) is 10.6 Å². The largest absolute Gasteiger partial charge is 0.481 e. The summed E-state index contributed by atoms with van der Waals surface area (Å²) < 4.78 is 5.06. The molecule has 6 heteroatoms. The van der Waals surface area contributed by atoms with Gasteiger partial charge >= 0.3 is 5.97 Å². The van der Waals surface area contributed by atoms with Gasteiger partial charge in [0.15, 0.2) is 0 Å². The molecule has 1 aliphatic heterocycles. The van der Waals surface area contributed by atoms with Crippen molar-refractivity contribution < 1.29 is 19.2 Å². The van der Waals surface area contributed by atoms with E-state index in [0.29, 0.717) is 5.88 Å². The molecule has 1 aromatic rings. The number of aryl methyl sites for hydroxylation is 1. The number of carboxylic acids is 1. The Bertz CT molecular complexity index is 440. The van der Waals surface area contributed by atoms with Crippen molar-refractivity contribution in [1.29, 1.82) is 0 Å². The molecule has 1 aromatic heterocycles. The molecule has 0 bridgehead atoms. The van der Waals surface area contributed by atoms with Gasteiger partial charge < -0.3 is 9.63 Å². The number of anilines is 1. The smallest absolute Gasteiger partial charge is 0.308 e. The highest BCUT2D eigenvalue weighted by molar-refractivity contribution is 5.98. The second kappa shape index (κ2) is 4.57. The van der Waals surface area contributed by atoms with Crippen molar-refractivity contribution >= 4 is 17.8 Å². The molecule has 1 atom stereocenters. The second-order valence-electron chi connectivity index (χ2n) is 4.15. The topological polar surface area (TPSA) is 83.6 Å². The minimum atomic E-state index is -0.950. The lowest BCUT2D eigenvalue weighted by Gasteiger charge is -2.10. The summed E-state index contributed by atoms with van der Waals surface area (Å²) in [7, 11) is 0. The fraction of sp³-hybridized carbons (Fsp3) is 0.545. The zero-order valence-corrected chi connectivity index (χ0v) is 9.55. The van der Waals surface area contributed by atoms with Crippen LogP contribution in [0.2, 0.25) is 0 Å². The molecule has 1 unspecified atom stereocenters. The number of hydrogen-bond donors (Lipinski definition) is 1. The van der Waals surface area contributed by atoms with Gasteiger partial charge in [0.2, 0.25) is 11.8 Å². The summed E-state index contributed by atoms with van der Waals surface area (Å²) in [5.41, 5.74) is 0.786. The molecule has 1 saturated heterocycles. The van der Waals surface area contributed by atoms with Crippen LogP contribution in [0.3, 0.4) is 0 Å². The lowest BCUT2D eigenvalue weighted by Crippen LogP contribution is -2.25. The minimum Gasteiger partial charge on any atom is -0.481 e. The van der Waals surface area contributed by atoms with Crippen molar-refractivity contribution in [3.05, 3.63) is 11.8 Å². The Morgan fingerprint density at radius 3 is 3.06 bits per heavy atom. The van der Waals surface area contributed by atoms with Crippen molar-refractivity contribution in [3.63, 3.8) is 0 Å². The molecule has 1 fully saturated rings. The highest BCUT2D eigenvalue weighted by Gasteiger charge is 2.36. The number of nitrogens with zero attached hydrogens (tertiary/aromatic N) is 2. The fourth-order valence-corrected chi connectivity index (χ4v) is 1.89. The van der Waals surface area contributed by atoms with Crippen molar-refractivity contribution in [2.24, 2.45) is 5.92 Å². The molecule has 2 heterocycles. The predicted octanol–water partition coefficient (Wildman–Crippen LogP) is 1.06. The van der Waals surface area contributed by atoms with E-state index in [2.05, 4.69) is 5.16 Å². The van der Waals surface area contributed by atoms with E-state index in [1.807, 2.05) is 6.92 Å². The van der Waals surface area contributed by atoms with Crippen LogP contribution in [0.1, 0.15) is 25.5 Å². The molecular formula is C11H14N2O4. The maximum atomic E-state index is 11.6. The number of aromatic nitrogens is 1. The summed E-state index contributed by atoms with van der Waals surface area (Å²) in [5, 5.41) is 12.7. The first-order chi connectivity index (χ1) is 8.11. The van der Waals surface area contributed by atoms with E-state index in [9.17, 15) is 9.59 Å². The van der Waals surface area contributed by atoms with Crippen LogP contribution < -0.4 is 4.90 Å². The molecule has 0 saturated carbocycles. The Morgan fingerprint density at radius 2 is 2.47 bits per heavy atom. The molecule has 1 amide bonds. The fourth-order valence-electron chi connectivity index (χ4n) is 1.89. The van der Waals surface area contributed by atoms with Crippen molar-refractivity contribution in [2.45, 2.75) is 26.2 Å². The molecule has 1 aliphatic rings. The molecule has 0 aliphatic carbocycles. The number of rotatable bonds is 4. The first-order valence-electron chi connectivity index (χ1n) is 5.60. The lowest BCUT2D eigenvalue weighted by molar-refractivity contribution is -0.141. The average molecular weight is 238 g/mol. The van der Waals surface area contributed by atoms with Gasteiger partial charge in [0.25, 0.3) is 0 Å². The van der Waals surface area contributed by atoms with Crippen LogP contribution in [0.4, 0.5) is 5.88 Å². The quantitative estimate of drug-likeness (QED) is 0.848. The number of hydrogen-bond acceptors (Lipinski definition) is 4. The highest BCUT2D eigenvalue weighted by atomic mass is 16.5. The molecule has 1 N–H and O–H groups in total. The lowest BCUT2D eigenvalue weighted by atomic mass is 10.1. The first-order valence-corrected chi connectivity index (χ1v) is 5.60. The Labute approximate surface area is 98.2 Å². The third kappa shape index (κ3) is 2.30. The van der Waals surface area contributed by atoms with Gasteiger partial charge in [-0.1, -0.05) is 18.5 Å². The summed E-state index contributed by atoms with van der Waals surface area (Å²) >= 11 is 0. The van der Waals surface area contributed by atoms with Gasteiger partial charge in [-0.25, -0.2) is 0 Å². The number of carbonyl (C=O) groups is 2. The van der Waals surface area contributed by atoms with Crippen LogP contribution in [-0.4, -0.2) is 28.7 Å². The van der Waals surface area contributed by atoms with E-state index in [-0.39, 0.29) is 18.9 Å². The van der Waals surface area contributed by atoms with Gasteiger partial charge in [0.05, 0.1) is 11.6 Å². The summed E-state index contributed by atoms with van der Waals surface area (Å²) in [6, 6.07) is 1.70. The van der Waals surface area contributed by atoms with E-state index in [1.54, 1.807) is 6.07 Å². The standard InChI is InChI=1S/C11H14N2O4/c1-2-3-8-5-10(17-12-8)13-6-7(11(15)16)4-9(13)14/h5,7H,2-4,6H2,1H3,(H,15,16). The zero-order valence-electron chi connectivity index (χ0n) is 9.55. The first kappa shape index (κ1) is 11.6. The summed E-state index contributed by atoms with van der Waals surface area (Å²) in [4.78, 5) is 23.8. The van der Waals surface area contributed by atoms with Crippen molar-refractivity contribution in [2.75, 3.05) is 11.4 Å². The molecule has 0 aromatic carbocycles. The second-order valence-corrected chi connectivity index (χ2v) is 4.15. The van der Waals surface area contributed by atoms with Gasteiger partial charge in [0, 0.05) is 19.0 Å². The van der Waals surface area contributed by atoms with E-state index < -0.39 is 11.9 Å². The molecule has 0 spiro atoms. The Hall–Kier alpha value is -1.85. The number of aliphatic carboxylic acids is 1. The van der Waals surface area contributed by atoms with E-state index in [0.717, 1.165) is 18.5 Å². The SMILES string of the molecule is CCCc1cc(N2CC(C(=O)O)CC2=O)on1. The highest BCUT2D eigenvalue weighted by Crippen LogP contribution is 2.26. The molecule has 17 heavy (non-hydrogen) atoms. The van der Waals surface area contributed by atoms with Crippen molar-refractivity contribution in [3.8, 4) is 0 Å². The van der Waals surface area contributed by atoms with Gasteiger partial charge in [0.1, 0.15) is 0 Å². The van der Waals surface area contributed by atoms with E-state index in [4.69, 9.17) is 9.63 Å². The van der Waals surface area contributed by atoms with Gasteiger partial charge in [-0.3, -0.25) is 14.5 Å². The van der Waals surface area contributed by atoms with Gasteiger partial charge in [-0.2, -0.15) is 0 Å². The van der Waals surface area contributed by atoms with Crippen molar-refractivity contribution in [1.82, 2.24) is 5.16 Å². The summed E-state index contributed by atoms with van der Waals surface area (Å²) in [5.74, 6) is -1.48. The average Bonchev–Trinajstić information content (AvgIpc) is 2.85. The molecular weight excluding hydrogens is 224 g/mol. The Kier molecular flexibility index (Phi) is 3.12. The van der Waals surface area contributed by atoms with Crippen LogP contribution in [0.25, 0.3) is 0 Å². The maximum absolute atomic E-state index is 11.6. The van der Waals surface area contributed by atoms with Crippen LogP contribution >= 0.6 is 0 Å². The molecule has 2 rings (SSSR count). The zero-order chi connectivity index (χ0) is 12.4. The molecule has 6 nitrogen and oxygen atoms in total. The normalized spacial score (nSPS) is 19.9. The van der Waals surface area contributed by atoms with Gasteiger partial charge in [-0.05, 0) is 6.42 Å². The predicted molar refractivity (Wildman–Crippen MR) is 58.6 cm³/mol. The van der Waals surface area contributed by atoms with Crippen LogP contribution in [0, 0.1) is 5.92 Å². The minimum absolute atomic E-state index is 0.0269. The number of amides is 1. The third-order valence-corrected chi connectivity index (χ3v) is 2.79. The van der Waals surface area contributed by atoms with E-state index >= 15 is 0 Å². The summed E-state index contributed by atoms with van der Waals surface area (Å²) in [6.07, 6.45) is 1.75. The molecule has 92 valence electrons. The summed E-state index contributed by atoms with van der Waals surface area (Å²) in [6.45, 7) is 2.19. The number of carboxylic acid groups (broad SMARTS) is 1. The third-order valence-electron chi connectivity index (χ3n) is 2.79. The van der Waals surface area contributed by atoms with E-state index in [1.165, 1.54) is 4.90 Å². The Balaban J connectivity index is 2.11. The molecule has 0 radical (unpaired) electrons. The van der Waals surface area contributed by atoms with Gasteiger partial charge in [-0.15, -0.1) is 0 Å². The van der Waals surface area contributed by atoms with Crippen LogP contribution in [-0.2, 0) is 16.0 Å². The Morgan fingerprint density at radius 1 is 1.71 bits per heavy atom. The maximum Gasteiger partial charge on any atom is 0.308 e.